The van der Waals surface area contributed by atoms with Crippen molar-refractivity contribution in [3.63, 3.8) is 0 Å². The summed E-state index contributed by atoms with van der Waals surface area (Å²) in [5, 5.41) is 16.5. The van der Waals surface area contributed by atoms with Crippen LogP contribution >= 0.6 is 11.3 Å². The van der Waals surface area contributed by atoms with E-state index in [0.717, 1.165) is 53.2 Å². The van der Waals surface area contributed by atoms with Crippen LogP contribution in [-0.2, 0) is 19.4 Å². The zero-order valence-corrected chi connectivity index (χ0v) is 18.3. The van der Waals surface area contributed by atoms with Gasteiger partial charge in [-0.15, -0.1) is 11.3 Å². The van der Waals surface area contributed by atoms with Gasteiger partial charge in [-0.2, -0.15) is 5.10 Å². The van der Waals surface area contributed by atoms with E-state index in [0.29, 0.717) is 5.92 Å². The van der Waals surface area contributed by atoms with E-state index < -0.39 is 0 Å². The minimum Gasteiger partial charge on any atom is -0.340 e. The quantitative estimate of drug-likeness (QED) is 0.357. The van der Waals surface area contributed by atoms with Gasteiger partial charge < -0.3 is 10.6 Å². The van der Waals surface area contributed by atoms with E-state index in [-0.39, 0.29) is 0 Å². The number of hydrogen-bond donors (Lipinski definition) is 3. The van der Waals surface area contributed by atoms with Gasteiger partial charge in [-0.3, -0.25) is 10.1 Å². The number of H-pyrrole nitrogens is 1. The second-order valence-electron chi connectivity index (χ2n) is 8.30. The lowest BCUT2D eigenvalue weighted by Crippen LogP contribution is -2.26. The number of anilines is 2. The van der Waals surface area contributed by atoms with E-state index in [4.69, 9.17) is 0 Å². The van der Waals surface area contributed by atoms with Gasteiger partial charge in [0.05, 0.1) is 17.1 Å². The number of rotatable bonds is 6. The van der Waals surface area contributed by atoms with Crippen molar-refractivity contribution in [3.05, 3.63) is 71.3 Å². The van der Waals surface area contributed by atoms with Gasteiger partial charge in [-0.05, 0) is 73.2 Å². The smallest absolute Gasteiger partial charge is 0.142 e. The molecule has 0 fully saturated rings. The van der Waals surface area contributed by atoms with Crippen LogP contribution < -0.4 is 10.6 Å². The normalized spacial score (nSPS) is 15.8. The summed E-state index contributed by atoms with van der Waals surface area (Å²) in [6, 6.07) is 10.3. The maximum Gasteiger partial charge on any atom is 0.142 e. The monoisotopic (exact) mass is 441 g/mol. The third-order valence-electron chi connectivity index (χ3n) is 6.16. The highest BCUT2D eigenvalue weighted by atomic mass is 32.1. The van der Waals surface area contributed by atoms with Crippen molar-refractivity contribution in [2.45, 2.75) is 25.8 Å². The van der Waals surface area contributed by atoms with Crippen LogP contribution in [-0.4, -0.2) is 31.7 Å². The predicted octanol–water partition coefficient (Wildman–Crippen LogP) is 4.60. The molecule has 1 atom stereocenters. The van der Waals surface area contributed by atoms with Crippen molar-refractivity contribution < 1.29 is 0 Å². The first kappa shape index (κ1) is 19.3. The Morgan fingerprint density at radius 1 is 1.12 bits per heavy atom. The molecule has 32 heavy (non-hydrogen) atoms. The zero-order valence-electron chi connectivity index (χ0n) is 17.5. The fourth-order valence-electron chi connectivity index (χ4n) is 4.53. The second kappa shape index (κ2) is 8.29. The Labute approximate surface area is 189 Å². The standard InChI is InChI=1S/C24H23N7S/c1-3-19-21(9-16(1)12-26-11-15-5-7-25-8-6-15)32-24-22(19)23(27-14-28-24)30-18-2-4-20-17(10-18)13-29-31-20/h2,4-8,10,13-14,16,26H,1,3,9,11-12H2,(H,29,31)(H,27,28,30). The average Bonchev–Trinajstić information content (AvgIpc) is 3.44. The summed E-state index contributed by atoms with van der Waals surface area (Å²) in [7, 11) is 0. The van der Waals surface area contributed by atoms with E-state index in [9.17, 15) is 0 Å². The molecule has 0 bridgehead atoms. The van der Waals surface area contributed by atoms with Gasteiger partial charge >= 0.3 is 0 Å². The molecule has 160 valence electrons. The lowest BCUT2D eigenvalue weighted by Gasteiger charge is -2.23. The molecule has 0 amide bonds. The Hall–Kier alpha value is -3.36. The number of thiophene rings is 1. The van der Waals surface area contributed by atoms with Gasteiger partial charge in [0.2, 0.25) is 0 Å². The minimum atomic E-state index is 0.644. The topological polar surface area (TPSA) is 91.4 Å². The molecule has 0 aliphatic heterocycles. The van der Waals surface area contributed by atoms with Crippen molar-refractivity contribution in [3.8, 4) is 0 Å². The molecule has 0 saturated carbocycles. The van der Waals surface area contributed by atoms with E-state index >= 15 is 0 Å². The van der Waals surface area contributed by atoms with Crippen LogP contribution in [0.5, 0.6) is 0 Å². The first-order valence-electron chi connectivity index (χ1n) is 10.9. The number of aromatic nitrogens is 5. The van der Waals surface area contributed by atoms with Gasteiger partial charge in [0.1, 0.15) is 17.0 Å². The van der Waals surface area contributed by atoms with E-state index in [1.165, 1.54) is 27.8 Å². The first-order chi connectivity index (χ1) is 15.8. The van der Waals surface area contributed by atoms with Crippen LogP contribution in [0, 0.1) is 5.92 Å². The molecule has 1 aliphatic rings. The highest BCUT2D eigenvalue weighted by Gasteiger charge is 2.25. The fraction of sp³-hybridized carbons (Fsp3) is 0.250. The number of hydrogen-bond acceptors (Lipinski definition) is 7. The lowest BCUT2D eigenvalue weighted by atomic mass is 9.87. The van der Waals surface area contributed by atoms with Crippen LogP contribution in [0.2, 0.25) is 0 Å². The fourth-order valence-corrected chi connectivity index (χ4v) is 5.83. The molecule has 4 heterocycles. The predicted molar refractivity (Wildman–Crippen MR) is 128 cm³/mol. The summed E-state index contributed by atoms with van der Waals surface area (Å²) < 4.78 is 0. The Morgan fingerprint density at radius 2 is 2.06 bits per heavy atom. The molecule has 0 spiro atoms. The minimum absolute atomic E-state index is 0.644. The maximum atomic E-state index is 4.60. The lowest BCUT2D eigenvalue weighted by molar-refractivity contribution is 0.429. The van der Waals surface area contributed by atoms with Crippen LogP contribution in [0.4, 0.5) is 11.5 Å². The average molecular weight is 442 g/mol. The first-order valence-corrected chi connectivity index (χ1v) is 11.7. The maximum absolute atomic E-state index is 4.60. The largest absolute Gasteiger partial charge is 0.340 e. The van der Waals surface area contributed by atoms with Gasteiger partial charge in [-0.1, -0.05) is 0 Å². The van der Waals surface area contributed by atoms with Gasteiger partial charge in [0.25, 0.3) is 0 Å². The number of benzene rings is 1. The third kappa shape index (κ3) is 3.72. The van der Waals surface area contributed by atoms with Crippen molar-refractivity contribution >= 4 is 44.0 Å². The summed E-state index contributed by atoms with van der Waals surface area (Å²) in [5.74, 6) is 1.54. The number of aryl methyl sites for hydroxylation is 1. The Bertz CT molecular complexity index is 1380. The molecular formula is C24H23N7S. The SMILES string of the molecule is c1cc(CNCC2CCc3c(sc4ncnc(Nc5ccc6[nH]ncc6c5)c34)C2)ccn1. The number of nitrogens with one attached hydrogen (secondary N) is 3. The Morgan fingerprint density at radius 3 is 3.00 bits per heavy atom. The van der Waals surface area contributed by atoms with E-state index in [1.807, 2.05) is 36.0 Å². The van der Waals surface area contributed by atoms with Crippen LogP contribution in [0.3, 0.4) is 0 Å². The van der Waals surface area contributed by atoms with Crippen LogP contribution in [0.1, 0.15) is 22.4 Å². The molecule has 0 saturated heterocycles. The van der Waals surface area contributed by atoms with Gasteiger partial charge in [-0.25, -0.2) is 9.97 Å². The van der Waals surface area contributed by atoms with E-state index in [1.54, 1.807) is 6.33 Å². The van der Waals surface area contributed by atoms with Gasteiger partial charge in [0.15, 0.2) is 0 Å². The molecule has 3 N–H and O–H groups in total. The molecule has 5 aromatic rings. The Balaban J connectivity index is 1.20. The zero-order chi connectivity index (χ0) is 21.3. The highest BCUT2D eigenvalue weighted by molar-refractivity contribution is 7.19. The third-order valence-corrected chi connectivity index (χ3v) is 7.32. The molecule has 0 radical (unpaired) electrons. The van der Waals surface area contributed by atoms with Crippen molar-refractivity contribution in [2.24, 2.45) is 5.92 Å². The van der Waals surface area contributed by atoms with Crippen molar-refractivity contribution in [2.75, 3.05) is 11.9 Å². The summed E-state index contributed by atoms with van der Waals surface area (Å²) in [5.41, 5.74) is 4.73. The summed E-state index contributed by atoms with van der Waals surface area (Å²) >= 11 is 1.82. The molecule has 4 aromatic heterocycles. The van der Waals surface area contributed by atoms with Crippen LogP contribution in [0.25, 0.3) is 21.1 Å². The second-order valence-corrected chi connectivity index (χ2v) is 9.38. The molecule has 1 unspecified atom stereocenters. The number of aromatic amines is 1. The van der Waals surface area contributed by atoms with Crippen molar-refractivity contribution in [1.82, 2.24) is 30.5 Å². The van der Waals surface area contributed by atoms with E-state index in [2.05, 4.69) is 60.0 Å². The molecular weight excluding hydrogens is 418 g/mol. The molecule has 6 rings (SSSR count). The number of fused-ring (bicyclic) bond motifs is 4. The molecule has 1 aliphatic carbocycles. The Kier molecular flexibility index (Phi) is 5.01. The number of pyridine rings is 1. The van der Waals surface area contributed by atoms with Crippen LogP contribution in [0.15, 0.2) is 55.2 Å². The molecule has 7 nitrogen and oxygen atoms in total. The molecule has 8 heteroatoms. The van der Waals surface area contributed by atoms with Gasteiger partial charge in [0, 0.05) is 34.9 Å². The van der Waals surface area contributed by atoms with Crippen molar-refractivity contribution in [1.29, 1.82) is 0 Å². The molecule has 1 aromatic carbocycles. The highest BCUT2D eigenvalue weighted by Crippen LogP contribution is 2.40. The number of nitrogens with zero attached hydrogens (tertiary/aromatic N) is 4. The summed E-state index contributed by atoms with van der Waals surface area (Å²) in [6.45, 7) is 1.91. The summed E-state index contributed by atoms with van der Waals surface area (Å²) in [6.07, 6.45) is 10.5. The summed E-state index contributed by atoms with van der Waals surface area (Å²) in [4.78, 5) is 15.8.